The van der Waals surface area contributed by atoms with Gasteiger partial charge < -0.3 is 10.2 Å². The van der Waals surface area contributed by atoms with E-state index in [2.05, 4.69) is 24.3 Å². The first-order chi connectivity index (χ1) is 7.68. The van der Waals surface area contributed by atoms with E-state index in [-0.39, 0.29) is 5.82 Å². The van der Waals surface area contributed by atoms with Gasteiger partial charge in [-0.1, -0.05) is 12.1 Å². The number of hydrogen-bond acceptors (Lipinski definition) is 2. The van der Waals surface area contributed by atoms with Crippen molar-refractivity contribution in [3.05, 3.63) is 35.6 Å². The van der Waals surface area contributed by atoms with Crippen molar-refractivity contribution in [2.24, 2.45) is 0 Å². The van der Waals surface area contributed by atoms with Gasteiger partial charge in [0.2, 0.25) is 0 Å². The summed E-state index contributed by atoms with van der Waals surface area (Å²) in [6, 6.07) is 7.69. The summed E-state index contributed by atoms with van der Waals surface area (Å²) in [7, 11) is 4.15. The number of nitrogens with one attached hydrogen (secondary N) is 1. The first-order valence-electron chi connectivity index (χ1n) is 5.84. The molecule has 1 N–H and O–H groups in total. The van der Waals surface area contributed by atoms with Crippen LogP contribution >= 0.6 is 0 Å². The molecule has 0 amide bonds. The largest absolute Gasteiger partial charge is 0.312 e. The lowest BCUT2D eigenvalue weighted by Crippen LogP contribution is -2.37. The van der Waals surface area contributed by atoms with Crippen molar-refractivity contribution in [2.75, 3.05) is 20.6 Å². The van der Waals surface area contributed by atoms with Gasteiger partial charge in [0.15, 0.2) is 0 Å². The Balaban J connectivity index is 2.21. The van der Waals surface area contributed by atoms with E-state index in [1.807, 2.05) is 12.1 Å². The molecule has 0 bridgehead atoms. The minimum atomic E-state index is -0.166. The van der Waals surface area contributed by atoms with E-state index in [4.69, 9.17) is 0 Å². The number of nitrogens with zero attached hydrogens (tertiary/aromatic N) is 1. The minimum Gasteiger partial charge on any atom is -0.312 e. The minimum absolute atomic E-state index is 0.166. The molecule has 0 aromatic heterocycles. The lowest BCUT2D eigenvalue weighted by atomic mass is 9.97. The number of rotatable bonds is 3. The Morgan fingerprint density at radius 1 is 1.31 bits per heavy atom. The van der Waals surface area contributed by atoms with E-state index in [0.29, 0.717) is 12.1 Å². The third-order valence-electron chi connectivity index (χ3n) is 3.25. The third-order valence-corrected chi connectivity index (χ3v) is 3.25. The van der Waals surface area contributed by atoms with Crippen LogP contribution < -0.4 is 5.32 Å². The van der Waals surface area contributed by atoms with Gasteiger partial charge >= 0.3 is 0 Å². The second kappa shape index (κ2) is 4.93. The zero-order valence-corrected chi connectivity index (χ0v) is 9.91. The molecule has 0 aliphatic carbocycles. The van der Waals surface area contributed by atoms with Crippen molar-refractivity contribution < 1.29 is 4.39 Å². The molecule has 2 nitrogen and oxygen atoms in total. The second-order valence-electron chi connectivity index (χ2n) is 4.66. The van der Waals surface area contributed by atoms with E-state index in [0.717, 1.165) is 6.54 Å². The molecule has 1 aromatic rings. The fourth-order valence-electron chi connectivity index (χ4n) is 2.53. The zero-order valence-electron chi connectivity index (χ0n) is 9.91. The Kier molecular flexibility index (Phi) is 3.56. The highest BCUT2D eigenvalue weighted by molar-refractivity contribution is 5.22. The molecular formula is C13H19FN2. The molecule has 1 aliphatic rings. The van der Waals surface area contributed by atoms with Crippen LogP contribution in [-0.2, 0) is 0 Å². The first kappa shape index (κ1) is 11.6. The lowest BCUT2D eigenvalue weighted by molar-refractivity contribution is 0.244. The van der Waals surface area contributed by atoms with Crippen molar-refractivity contribution >= 4 is 0 Å². The van der Waals surface area contributed by atoms with Crippen molar-refractivity contribution in [2.45, 2.75) is 24.9 Å². The molecule has 1 fully saturated rings. The highest BCUT2D eigenvalue weighted by atomic mass is 19.1. The van der Waals surface area contributed by atoms with Crippen LogP contribution in [0.4, 0.5) is 4.39 Å². The molecule has 3 heteroatoms. The highest BCUT2D eigenvalue weighted by Crippen LogP contribution is 2.27. The van der Waals surface area contributed by atoms with Gasteiger partial charge in [0.05, 0.1) is 0 Å². The van der Waals surface area contributed by atoms with Crippen molar-refractivity contribution in [3.63, 3.8) is 0 Å². The third kappa shape index (κ3) is 2.42. The number of likely N-dealkylation sites (N-methyl/N-ethyl adjacent to an activating group) is 1. The molecule has 2 atom stereocenters. The molecule has 2 rings (SSSR count). The standard InChI is InChI=1S/C13H19FN2/c1-16(2)13(12-4-3-9-15-12)10-5-7-11(14)8-6-10/h5-8,12-13,15H,3-4,9H2,1-2H3. The van der Waals surface area contributed by atoms with E-state index in [9.17, 15) is 4.39 Å². The molecule has 16 heavy (non-hydrogen) atoms. The highest BCUT2D eigenvalue weighted by Gasteiger charge is 2.27. The monoisotopic (exact) mass is 222 g/mol. The summed E-state index contributed by atoms with van der Waals surface area (Å²) in [5.41, 5.74) is 1.19. The van der Waals surface area contributed by atoms with Gasteiger partial charge in [-0.15, -0.1) is 0 Å². The molecule has 0 spiro atoms. The molecule has 88 valence electrons. The summed E-state index contributed by atoms with van der Waals surface area (Å²) in [6.45, 7) is 1.09. The van der Waals surface area contributed by atoms with Gasteiger partial charge in [-0.2, -0.15) is 0 Å². The zero-order chi connectivity index (χ0) is 11.5. The summed E-state index contributed by atoms with van der Waals surface area (Å²) < 4.78 is 12.9. The van der Waals surface area contributed by atoms with Crippen LogP contribution in [0.5, 0.6) is 0 Å². The lowest BCUT2D eigenvalue weighted by Gasteiger charge is -2.30. The van der Waals surface area contributed by atoms with E-state index < -0.39 is 0 Å². The van der Waals surface area contributed by atoms with E-state index >= 15 is 0 Å². The predicted molar refractivity (Wildman–Crippen MR) is 63.9 cm³/mol. The van der Waals surface area contributed by atoms with Crippen LogP contribution in [0.2, 0.25) is 0 Å². The average molecular weight is 222 g/mol. The van der Waals surface area contributed by atoms with Gasteiger partial charge in [-0.25, -0.2) is 4.39 Å². The topological polar surface area (TPSA) is 15.3 Å². The summed E-state index contributed by atoms with van der Waals surface area (Å²) >= 11 is 0. The molecular weight excluding hydrogens is 203 g/mol. The molecule has 0 radical (unpaired) electrons. The smallest absolute Gasteiger partial charge is 0.123 e. The normalized spacial score (nSPS) is 22.6. The second-order valence-corrected chi connectivity index (χ2v) is 4.66. The van der Waals surface area contributed by atoms with Crippen LogP contribution in [0.15, 0.2) is 24.3 Å². The maximum absolute atomic E-state index is 12.9. The van der Waals surface area contributed by atoms with E-state index in [1.165, 1.54) is 18.4 Å². The molecule has 2 unspecified atom stereocenters. The Labute approximate surface area is 96.5 Å². The van der Waals surface area contributed by atoms with Crippen LogP contribution in [0.3, 0.4) is 0 Å². The Hall–Kier alpha value is -0.930. The van der Waals surface area contributed by atoms with Gasteiger partial charge in [0.25, 0.3) is 0 Å². The van der Waals surface area contributed by atoms with Crippen LogP contribution in [-0.4, -0.2) is 31.6 Å². The molecule has 1 saturated heterocycles. The quantitative estimate of drug-likeness (QED) is 0.843. The van der Waals surface area contributed by atoms with Crippen molar-refractivity contribution in [1.29, 1.82) is 0 Å². The Morgan fingerprint density at radius 2 is 2.00 bits per heavy atom. The van der Waals surface area contributed by atoms with Gasteiger partial charge in [-0.3, -0.25) is 0 Å². The first-order valence-corrected chi connectivity index (χ1v) is 5.84. The maximum Gasteiger partial charge on any atom is 0.123 e. The average Bonchev–Trinajstić information content (AvgIpc) is 2.74. The summed E-state index contributed by atoms with van der Waals surface area (Å²) in [5, 5.41) is 3.52. The fourth-order valence-corrected chi connectivity index (χ4v) is 2.53. The van der Waals surface area contributed by atoms with Gasteiger partial charge in [0, 0.05) is 12.1 Å². The fraction of sp³-hybridized carbons (Fsp3) is 0.538. The van der Waals surface area contributed by atoms with E-state index in [1.54, 1.807) is 12.1 Å². The van der Waals surface area contributed by atoms with Crippen LogP contribution in [0.1, 0.15) is 24.4 Å². The van der Waals surface area contributed by atoms with Gasteiger partial charge in [-0.05, 0) is 51.2 Å². The maximum atomic E-state index is 12.9. The molecule has 1 aromatic carbocycles. The molecule has 1 aliphatic heterocycles. The van der Waals surface area contributed by atoms with Crippen LogP contribution in [0, 0.1) is 5.82 Å². The Bertz CT molecular complexity index is 328. The predicted octanol–water partition coefficient (Wildman–Crippen LogP) is 2.18. The molecule has 0 saturated carbocycles. The summed E-state index contributed by atoms with van der Waals surface area (Å²) in [4.78, 5) is 2.20. The van der Waals surface area contributed by atoms with Gasteiger partial charge in [0.1, 0.15) is 5.82 Å². The summed E-state index contributed by atoms with van der Waals surface area (Å²) in [6.07, 6.45) is 2.43. The van der Waals surface area contributed by atoms with Crippen molar-refractivity contribution in [3.8, 4) is 0 Å². The SMILES string of the molecule is CN(C)C(c1ccc(F)cc1)C1CCCN1. The van der Waals surface area contributed by atoms with Crippen molar-refractivity contribution in [1.82, 2.24) is 10.2 Å². The Morgan fingerprint density at radius 3 is 2.50 bits per heavy atom. The van der Waals surface area contributed by atoms with Crippen LogP contribution in [0.25, 0.3) is 0 Å². The summed E-state index contributed by atoms with van der Waals surface area (Å²) in [5.74, 6) is -0.166. The number of hydrogen-bond donors (Lipinski definition) is 1. The number of halogens is 1. The number of benzene rings is 1. The molecule has 1 heterocycles.